The van der Waals surface area contributed by atoms with Gasteiger partial charge >= 0.3 is 0 Å². The Labute approximate surface area is 224 Å². The van der Waals surface area contributed by atoms with Gasteiger partial charge in [0.25, 0.3) is 11.5 Å². The number of anilines is 2. The summed E-state index contributed by atoms with van der Waals surface area (Å²) in [5.74, 6) is 0.417. The number of amides is 1. The van der Waals surface area contributed by atoms with E-state index < -0.39 is 0 Å². The maximum absolute atomic E-state index is 13.7. The summed E-state index contributed by atoms with van der Waals surface area (Å²) in [6.45, 7) is 8.65. The summed E-state index contributed by atoms with van der Waals surface area (Å²) >= 11 is 12.9. The van der Waals surface area contributed by atoms with Gasteiger partial charge in [-0.05, 0) is 56.7 Å². The lowest BCUT2D eigenvalue weighted by atomic mass is 10.2. The first kappa shape index (κ1) is 24.8. The van der Waals surface area contributed by atoms with Crippen molar-refractivity contribution in [3.05, 3.63) is 74.0 Å². The van der Waals surface area contributed by atoms with Crippen molar-refractivity contribution in [1.29, 1.82) is 0 Å². The number of pyridine rings is 1. The van der Waals surface area contributed by atoms with E-state index in [0.717, 1.165) is 24.3 Å². The maximum atomic E-state index is 13.7. The molecule has 0 spiro atoms. The number of carbonyl (C=O) groups is 1. The lowest BCUT2D eigenvalue weighted by molar-refractivity contribution is -0.123. The van der Waals surface area contributed by atoms with Crippen molar-refractivity contribution in [1.82, 2.24) is 14.3 Å². The van der Waals surface area contributed by atoms with Gasteiger partial charge in [-0.1, -0.05) is 47.7 Å². The molecule has 7 nitrogen and oxygen atoms in total. The molecule has 2 saturated heterocycles. The first-order chi connectivity index (χ1) is 17.2. The number of rotatable bonds is 4. The number of benzene rings is 1. The molecule has 5 rings (SSSR count). The number of hydrogen-bond acceptors (Lipinski definition) is 7. The number of halogens is 1. The third-order valence-corrected chi connectivity index (χ3v) is 8.00. The average Bonchev–Trinajstić information content (AvgIpc) is 3.14. The summed E-state index contributed by atoms with van der Waals surface area (Å²) in [6, 6.07) is 11.5. The summed E-state index contributed by atoms with van der Waals surface area (Å²) in [5.41, 5.74) is 2.79. The Balaban J connectivity index is 1.55. The van der Waals surface area contributed by atoms with Gasteiger partial charge in [0.15, 0.2) is 0 Å². The first-order valence-electron chi connectivity index (χ1n) is 11.8. The molecular formula is C26H26ClN5O2S2. The minimum absolute atomic E-state index is 0.0547. The minimum atomic E-state index is -0.203. The SMILES string of the molecule is Cc1cccn2c(=O)c(C=C3SC(=S)N(C(C)C)C3=O)c(N3CCN(c4cccc(Cl)c4)CC3)nc12. The topological polar surface area (TPSA) is 61.2 Å². The van der Waals surface area contributed by atoms with Crippen molar-refractivity contribution in [2.24, 2.45) is 0 Å². The van der Waals surface area contributed by atoms with Crippen molar-refractivity contribution in [2.45, 2.75) is 26.8 Å². The number of thioether (sulfide) groups is 1. The molecule has 0 radical (unpaired) electrons. The van der Waals surface area contributed by atoms with Gasteiger partial charge in [0.1, 0.15) is 15.8 Å². The molecule has 2 fully saturated rings. The molecule has 1 aromatic carbocycles. The molecule has 0 N–H and O–H groups in total. The normalized spacial score (nSPS) is 17.8. The molecule has 2 aliphatic heterocycles. The van der Waals surface area contributed by atoms with Gasteiger partial charge < -0.3 is 9.80 Å². The van der Waals surface area contributed by atoms with Crippen LogP contribution in [-0.2, 0) is 4.79 Å². The molecule has 0 bridgehead atoms. The molecular weight excluding hydrogens is 514 g/mol. The Morgan fingerprint density at radius 1 is 1.08 bits per heavy atom. The molecule has 0 saturated carbocycles. The fourth-order valence-corrected chi connectivity index (χ4v) is 6.26. The largest absolute Gasteiger partial charge is 0.368 e. The Kier molecular flexibility index (Phi) is 6.80. The van der Waals surface area contributed by atoms with E-state index in [1.54, 1.807) is 21.6 Å². The number of aromatic nitrogens is 2. The van der Waals surface area contributed by atoms with Crippen molar-refractivity contribution in [3.8, 4) is 0 Å². The van der Waals surface area contributed by atoms with Crippen LogP contribution in [0.3, 0.4) is 0 Å². The highest BCUT2D eigenvalue weighted by Gasteiger charge is 2.34. The molecule has 2 aromatic heterocycles. The molecule has 2 aliphatic rings. The highest BCUT2D eigenvalue weighted by atomic mass is 35.5. The fourth-order valence-electron chi connectivity index (χ4n) is 4.57. The second kappa shape index (κ2) is 9.88. The van der Waals surface area contributed by atoms with E-state index in [1.807, 2.05) is 57.2 Å². The monoisotopic (exact) mass is 539 g/mol. The smallest absolute Gasteiger partial charge is 0.267 e. The zero-order valence-electron chi connectivity index (χ0n) is 20.3. The second-order valence-corrected chi connectivity index (χ2v) is 11.3. The minimum Gasteiger partial charge on any atom is -0.368 e. The molecule has 0 atom stereocenters. The van der Waals surface area contributed by atoms with Gasteiger partial charge in [0.05, 0.1) is 10.5 Å². The predicted molar refractivity (Wildman–Crippen MR) is 152 cm³/mol. The van der Waals surface area contributed by atoms with E-state index in [9.17, 15) is 9.59 Å². The van der Waals surface area contributed by atoms with Gasteiger partial charge in [-0.2, -0.15) is 0 Å². The Bertz CT molecular complexity index is 1460. The molecule has 0 unspecified atom stereocenters. The number of aryl methyl sites for hydroxylation is 1. The van der Waals surface area contributed by atoms with Crippen LogP contribution < -0.4 is 15.4 Å². The number of carbonyl (C=O) groups excluding carboxylic acids is 1. The standard InChI is InChI=1S/C26H26ClN5O2S2/c1-16(2)32-25(34)21(36-26(32)35)15-20-23(28-22-17(3)6-5-9-31(22)24(20)33)30-12-10-29(11-13-30)19-8-4-7-18(27)14-19/h4-9,14-16H,10-13H2,1-3H3. The summed E-state index contributed by atoms with van der Waals surface area (Å²) in [6.07, 6.45) is 3.39. The molecule has 1 amide bonds. The number of hydrogen-bond donors (Lipinski definition) is 0. The molecule has 186 valence electrons. The number of thiocarbonyl (C=S) groups is 1. The second-order valence-electron chi connectivity index (χ2n) is 9.14. The van der Waals surface area contributed by atoms with Gasteiger partial charge in [-0.3, -0.25) is 18.9 Å². The summed E-state index contributed by atoms with van der Waals surface area (Å²) in [5, 5.41) is 0.704. The van der Waals surface area contributed by atoms with Crippen LogP contribution in [0.2, 0.25) is 5.02 Å². The zero-order valence-corrected chi connectivity index (χ0v) is 22.7. The van der Waals surface area contributed by atoms with Gasteiger partial charge in [-0.25, -0.2) is 4.98 Å². The van der Waals surface area contributed by atoms with Crippen molar-refractivity contribution in [2.75, 3.05) is 36.0 Å². The Hall–Kier alpha value is -2.88. The van der Waals surface area contributed by atoms with E-state index >= 15 is 0 Å². The van der Waals surface area contributed by atoms with Crippen LogP contribution in [0.15, 0.2) is 52.3 Å². The van der Waals surface area contributed by atoms with Gasteiger partial charge in [-0.15, -0.1) is 0 Å². The Morgan fingerprint density at radius 2 is 1.81 bits per heavy atom. The third-order valence-electron chi connectivity index (χ3n) is 6.43. The van der Waals surface area contributed by atoms with Gasteiger partial charge in [0.2, 0.25) is 0 Å². The van der Waals surface area contributed by atoms with Crippen molar-refractivity contribution < 1.29 is 4.79 Å². The lowest BCUT2D eigenvalue weighted by Gasteiger charge is -2.37. The Morgan fingerprint density at radius 3 is 2.47 bits per heavy atom. The number of nitrogens with zero attached hydrogens (tertiary/aromatic N) is 5. The fraction of sp³-hybridized carbons (Fsp3) is 0.308. The van der Waals surface area contributed by atoms with E-state index in [1.165, 1.54) is 11.8 Å². The van der Waals surface area contributed by atoms with Crippen LogP contribution >= 0.6 is 35.6 Å². The van der Waals surface area contributed by atoms with Crippen LogP contribution in [0.5, 0.6) is 0 Å². The summed E-state index contributed by atoms with van der Waals surface area (Å²) in [4.78, 5) is 38.2. The predicted octanol–water partition coefficient (Wildman–Crippen LogP) is 4.59. The molecule has 10 heteroatoms. The van der Waals surface area contributed by atoms with Crippen molar-refractivity contribution in [3.63, 3.8) is 0 Å². The van der Waals surface area contributed by atoms with Crippen LogP contribution in [0, 0.1) is 6.92 Å². The molecule has 0 aliphatic carbocycles. The molecule has 36 heavy (non-hydrogen) atoms. The number of piperazine rings is 1. The van der Waals surface area contributed by atoms with Gasteiger partial charge in [0, 0.05) is 49.1 Å². The van der Waals surface area contributed by atoms with E-state index in [2.05, 4.69) is 9.80 Å². The highest BCUT2D eigenvalue weighted by molar-refractivity contribution is 8.26. The van der Waals surface area contributed by atoms with E-state index in [-0.39, 0.29) is 17.5 Å². The van der Waals surface area contributed by atoms with Crippen LogP contribution in [0.25, 0.3) is 11.7 Å². The third kappa shape index (κ3) is 4.51. The quantitative estimate of drug-likeness (QED) is 0.355. The summed E-state index contributed by atoms with van der Waals surface area (Å²) in [7, 11) is 0. The first-order valence-corrected chi connectivity index (χ1v) is 13.4. The van der Waals surface area contributed by atoms with Crippen LogP contribution in [0.1, 0.15) is 25.0 Å². The van der Waals surface area contributed by atoms with E-state index in [4.69, 9.17) is 28.8 Å². The summed E-state index contributed by atoms with van der Waals surface area (Å²) < 4.78 is 2.05. The highest BCUT2D eigenvalue weighted by Crippen LogP contribution is 2.35. The van der Waals surface area contributed by atoms with Crippen molar-refractivity contribution >= 4 is 69.0 Å². The van der Waals surface area contributed by atoms with E-state index in [0.29, 0.717) is 44.4 Å². The van der Waals surface area contributed by atoms with Crippen LogP contribution in [0.4, 0.5) is 11.5 Å². The van der Waals surface area contributed by atoms with Crippen LogP contribution in [-0.4, -0.2) is 56.7 Å². The maximum Gasteiger partial charge on any atom is 0.267 e. The lowest BCUT2D eigenvalue weighted by Crippen LogP contribution is -2.47. The average molecular weight is 540 g/mol. The zero-order chi connectivity index (χ0) is 25.6. The number of fused-ring (bicyclic) bond motifs is 1. The molecule has 4 heterocycles. The molecule has 3 aromatic rings.